The first kappa shape index (κ1) is 8.51. The van der Waals surface area contributed by atoms with Crippen LogP contribution in [0.2, 0.25) is 0 Å². The Kier molecular flexibility index (Phi) is 1.17. The predicted molar refractivity (Wildman–Crippen MR) is 65.0 cm³/mol. The third kappa shape index (κ3) is 0.726. The van der Waals surface area contributed by atoms with Crippen LogP contribution in [0.4, 0.5) is 0 Å². The number of aromatic nitrogens is 2. The highest BCUT2D eigenvalue weighted by Crippen LogP contribution is 2.82. The molecule has 1 heterocycles. The molecular formula is C15H14N2. The normalized spacial score (nSPS) is 34.5. The molecule has 0 saturated heterocycles. The van der Waals surface area contributed by atoms with Gasteiger partial charge in [0.25, 0.3) is 0 Å². The van der Waals surface area contributed by atoms with Gasteiger partial charge >= 0.3 is 0 Å². The first-order valence-corrected chi connectivity index (χ1v) is 6.47. The molecule has 2 saturated carbocycles. The zero-order valence-electron chi connectivity index (χ0n) is 9.61. The third-order valence-electron chi connectivity index (χ3n) is 5.40. The molecule has 2 heteroatoms. The van der Waals surface area contributed by atoms with Gasteiger partial charge in [-0.05, 0) is 36.3 Å². The number of rotatable bonds is 1. The van der Waals surface area contributed by atoms with E-state index in [0.29, 0.717) is 10.8 Å². The summed E-state index contributed by atoms with van der Waals surface area (Å²) in [6.45, 7) is 0. The quantitative estimate of drug-likeness (QED) is 0.789. The molecule has 84 valence electrons. The Hall–Kier alpha value is -1.57. The topological polar surface area (TPSA) is 28.7 Å². The average molecular weight is 222 g/mol. The molecule has 0 unspecified atom stereocenters. The van der Waals surface area contributed by atoms with E-state index in [1.165, 1.54) is 25.0 Å². The lowest BCUT2D eigenvalue weighted by atomic mass is 9.81. The molecule has 1 N–H and O–H groups in total. The molecule has 2 nitrogen and oxygen atoms in total. The maximum Gasteiger partial charge on any atom is 0.0921 e. The molecule has 2 aromatic rings. The second-order valence-corrected chi connectivity index (χ2v) is 5.86. The molecule has 0 aliphatic heterocycles. The van der Waals surface area contributed by atoms with Crippen LogP contribution in [0, 0.1) is 0 Å². The zero-order valence-corrected chi connectivity index (χ0v) is 9.61. The molecular weight excluding hydrogens is 208 g/mol. The van der Waals surface area contributed by atoms with Crippen molar-refractivity contribution in [2.45, 2.75) is 36.0 Å². The van der Waals surface area contributed by atoms with E-state index in [-0.39, 0.29) is 0 Å². The molecule has 0 bridgehead atoms. The molecule has 3 aliphatic rings. The van der Waals surface area contributed by atoms with Gasteiger partial charge in [0.05, 0.1) is 6.33 Å². The molecule has 17 heavy (non-hydrogen) atoms. The largest absolute Gasteiger partial charge is 0.348 e. The van der Waals surface area contributed by atoms with Crippen molar-refractivity contribution >= 4 is 0 Å². The minimum absolute atomic E-state index is 0.382. The van der Waals surface area contributed by atoms with Crippen molar-refractivity contribution in [2.75, 3.05) is 0 Å². The minimum Gasteiger partial charge on any atom is -0.348 e. The zero-order chi connectivity index (χ0) is 11.1. The summed E-state index contributed by atoms with van der Waals surface area (Å²) in [7, 11) is 0. The van der Waals surface area contributed by atoms with E-state index in [9.17, 15) is 0 Å². The van der Waals surface area contributed by atoms with Gasteiger partial charge in [0, 0.05) is 22.7 Å². The number of fused-ring (bicyclic) bond motifs is 5. The van der Waals surface area contributed by atoms with Crippen LogP contribution in [0.15, 0.2) is 36.8 Å². The fourth-order valence-electron chi connectivity index (χ4n) is 4.54. The Balaban J connectivity index is 1.79. The van der Waals surface area contributed by atoms with Gasteiger partial charge in [-0.25, -0.2) is 4.98 Å². The number of nitrogens with one attached hydrogen (secondary N) is 1. The van der Waals surface area contributed by atoms with Crippen molar-refractivity contribution in [1.29, 1.82) is 0 Å². The maximum absolute atomic E-state index is 4.24. The summed E-state index contributed by atoms with van der Waals surface area (Å²) in [5, 5.41) is 0. The predicted octanol–water partition coefficient (Wildman–Crippen LogP) is 2.88. The number of hydrogen-bond acceptors (Lipinski definition) is 1. The summed E-state index contributed by atoms with van der Waals surface area (Å²) in [5.74, 6) is 0.752. The second kappa shape index (κ2) is 2.33. The first-order chi connectivity index (χ1) is 8.38. The van der Waals surface area contributed by atoms with Gasteiger partial charge in [0.2, 0.25) is 0 Å². The van der Waals surface area contributed by atoms with Crippen LogP contribution in [0.1, 0.15) is 42.0 Å². The van der Waals surface area contributed by atoms with E-state index >= 15 is 0 Å². The van der Waals surface area contributed by atoms with Crippen molar-refractivity contribution in [1.82, 2.24) is 9.97 Å². The molecule has 2 atom stereocenters. The first-order valence-electron chi connectivity index (χ1n) is 6.47. The lowest BCUT2D eigenvalue weighted by Gasteiger charge is -2.22. The summed E-state index contributed by atoms with van der Waals surface area (Å²) in [6, 6.07) is 9.08. The van der Waals surface area contributed by atoms with Gasteiger partial charge < -0.3 is 4.98 Å². The van der Waals surface area contributed by atoms with Crippen LogP contribution in [0.3, 0.4) is 0 Å². The second-order valence-electron chi connectivity index (χ2n) is 5.86. The number of nitrogens with zero attached hydrogens (tertiary/aromatic N) is 1. The highest BCUT2D eigenvalue weighted by atomic mass is 14.9. The number of aromatic amines is 1. The van der Waals surface area contributed by atoms with Gasteiger partial charge in [-0.2, -0.15) is 0 Å². The summed E-state index contributed by atoms with van der Waals surface area (Å²) in [6.07, 6.45) is 7.93. The lowest BCUT2D eigenvalue weighted by molar-refractivity contribution is 0.512. The lowest BCUT2D eigenvalue weighted by Crippen LogP contribution is -2.24. The van der Waals surface area contributed by atoms with Gasteiger partial charge in [-0.15, -0.1) is 0 Å². The van der Waals surface area contributed by atoms with Crippen molar-refractivity contribution in [3.8, 4) is 0 Å². The number of hydrogen-bond donors (Lipinski definition) is 1. The van der Waals surface area contributed by atoms with Crippen molar-refractivity contribution in [3.63, 3.8) is 0 Å². The fraction of sp³-hybridized carbons (Fsp3) is 0.400. The van der Waals surface area contributed by atoms with Crippen LogP contribution in [0.5, 0.6) is 0 Å². The maximum atomic E-state index is 4.24. The third-order valence-corrected chi connectivity index (χ3v) is 5.40. The average Bonchev–Trinajstić information content (AvgIpc) is 3.23. The van der Waals surface area contributed by atoms with E-state index < -0.39 is 0 Å². The van der Waals surface area contributed by atoms with Crippen molar-refractivity contribution in [2.24, 2.45) is 0 Å². The monoisotopic (exact) mass is 222 g/mol. The minimum atomic E-state index is 0.382. The Morgan fingerprint density at radius 3 is 2.88 bits per heavy atom. The van der Waals surface area contributed by atoms with Crippen LogP contribution < -0.4 is 0 Å². The Bertz CT molecular complexity index is 610. The molecule has 2 fully saturated rings. The highest BCUT2D eigenvalue weighted by molar-refractivity contribution is 5.62. The molecule has 0 radical (unpaired) electrons. The van der Waals surface area contributed by atoms with E-state index in [4.69, 9.17) is 0 Å². The van der Waals surface area contributed by atoms with Gasteiger partial charge in [0.15, 0.2) is 0 Å². The van der Waals surface area contributed by atoms with E-state index in [1.807, 2.05) is 12.5 Å². The number of H-pyrrole nitrogens is 1. The summed E-state index contributed by atoms with van der Waals surface area (Å²) in [4.78, 5) is 7.62. The van der Waals surface area contributed by atoms with Crippen LogP contribution >= 0.6 is 0 Å². The molecule has 1 aromatic heterocycles. The van der Waals surface area contributed by atoms with Crippen LogP contribution in [-0.2, 0) is 10.8 Å². The summed E-state index contributed by atoms with van der Waals surface area (Å²) >= 11 is 0. The molecule has 3 aliphatic carbocycles. The highest BCUT2D eigenvalue weighted by Gasteiger charge is 2.78. The SMILES string of the molecule is c1ccc2c(c1)[C@@H]1C[C@]1(c1cnc[nH]1)C21CC1. The number of benzene rings is 1. The molecule has 0 amide bonds. The van der Waals surface area contributed by atoms with Crippen LogP contribution in [-0.4, -0.2) is 9.97 Å². The Labute approximate surface area is 100 Å². The van der Waals surface area contributed by atoms with E-state index in [2.05, 4.69) is 34.2 Å². The fourth-order valence-corrected chi connectivity index (χ4v) is 4.54. The summed E-state index contributed by atoms with van der Waals surface area (Å²) in [5.41, 5.74) is 5.45. The van der Waals surface area contributed by atoms with Gasteiger partial charge in [-0.1, -0.05) is 24.3 Å². The Morgan fingerprint density at radius 1 is 1.24 bits per heavy atom. The molecule has 1 aromatic carbocycles. The Morgan fingerprint density at radius 2 is 2.12 bits per heavy atom. The van der Waals surface area contributed by atoms with E-state index in [1.54, 1.807) is 11.1 Å². The molecule has 5 rings (SSSR count). The van der Waals surface area contributed by atoms with Crippen molar-refractivity contribution < 1.29 is 0 Å². The summed E-state index contributed by atoms with van der Waals surface area (Å²) < 4.78 is 0. The van der Waals surface area contributed by atoms with Crippen LogP contribution in [0.25, 0.3) is 0 Å². The standard InChI is InChI=1S/C15H14N2/c1-2-4-11-10(3-1)12-7-15(12,14(11)5-6-14)13-8-16-9-17-13/h1-4,8-9,12H,5-7H2,(H,16,17)/t12-,15-/m0/s1. The smallest absolute Gasteiger partial charge is 0.0921 e. The molecule has 1 spiro atoms. The van der Waals surface area contributed by atoms with E-state index in [0.717, 1.165) is 5.92 Å². The van der Waals surface area contributed by atoms with Gasteiger partial charge in [0.1, 0.15) is 0 Å². The van der Waals surface area contributed by atoms with Crippen molar-refractivity contribution in [3.05, 3.63) is 53.6 Å². The van der Waals surface area contributed by atoms with Gasteiger partial charge in [-0.3, -0.25) is 0 Å². The number of imidazole rings is 1.